The van der Waals surface area contributed by atoms with Crippen LogP contribution in [0.25, 0.3) is 0 Å². The summed E-state index contributed by atoms with van der Waals surface area (Å²) in [5.74, 6) is 0. The number of likely N-dealkylation sites (N-methyl/N-ethyl adjacent to an activating group) is 1. The molecule has 2 N–H and O–H groups in total. The Hall–Kier alpha value is -0.570. The second kappa shape index (κ2) is 5.35. The van der Waals surface area contributed by atoms with Gasteiger partial charge in [0, 0.05) is 6.04 Å². The van der Waals surface area contributed by atoms with Gasteiger partial charge in [0.2, 0.25) is 0 Å². The quantitative estimate of drug-likeness (QED) is 0.808. The van der Waals surface area contributed by atoms with Gasteiger partial charge in [-0.05, 0) is 26.5 Å². The van der Waals surface area contributed by atoms with Crippen LogP contribution in [-0.2, 0) is 5.60 Å². The lowest BCUT2D eigenvalue weighted by Crippen LogP contribution is -2.42. The molecule has 80 valence electrons. The Labute approximate surface area is 91.8 Å². The van der Waals surface area contributed by atoms with Crippen LogP contribution in [0.15, 0.2) is 30.3 Å². The Kier molecular flexibility index (Phi) is 5.13. The third kappa shape index (κ3) is 2.71. The highest BCUT2D eigenvalue weighted by Gasteiger charge is 2.28. The Morgan fingerprint density at radius 3 is 2.21 bits per heavy atom. The van der Waals surface area contributed by atoms with Gasteiger partial charge in [-0.3, -0.25) is 0 Å². The summed E-state index contributed by atoms with van der Waals surface area (Å²) in [5, 5.41) is 13.2. The van der Waals surface area contributed by atoms with E-state index in [4.69, 9.17) is 0 Å². The van der Waals surface area contributed by atoms with Gasteiger partial charge >= 0.3 is 0 Å². The summed E-state index contributed by atoms with van der Waals surface area (Å²) in [6.07, 6.45) is 0. The Bertz CT molecular complexity index is 261. The highest BCUT2D eigenvalue weighted by molar-refractivity contribution is 5.85. The number of aliphatic hydroxyl groups is 1. The molecule has 0 aromatic heterocycles. The van der Waals surface area contributed by atoms with Crippen LogP contribution in [0.3, 0.4) is 0 Å². The number of hydrogen-bond donors (Lipinski definition) is 2. The van der Waals surface area contributed by atoms with Crippen LogP contribution in [0.5, 0.6) is 0 Å². The molecule has 14 heavy (non-hydrogen) atoms. The molecule has 0 saturated carbocycles. The fourth-order valence-corrected chi connectivity index (χ4v) is 1.31. The van der Waals surface area contributed by atoms with E-state index in [2.05, 4.69) is 5.32 Å². The molecule has 0 aliphatic rings. The molecular weight excluding hydrogens is 198 g/mol. The minimum Gasteiger partial charge on any atom is -0.384 e. The van der Waals surface area contributed by atoms with E-state index >= 15 is 0 Å². The number of benzene rings is 1. The fourth-order valence-electron chi connectivity index (χ4n) is 1.31. The second-order valence-corrected chi connectivity index (χ2v) is 3.52. The van der Waals surface area contributed by atoms with Gasteiger partial charge in [-0.1, -0.05) is 30.3 Å². The fraction of sp³-hybridized carbons (Fsp3) is 0.455. The third-order valence-corrected chi connectivity index (χ3v) is 2.63. The van der Waals surface area contributed by atoms with Gasteiger partial charge in [-0.2, -0.15) is 0 Å². The summed E-state index contributed by atoms with van der Waals surface area (Å²) in [6, 6.07) is 9.74. The van der Waals surface area contributed by atoms with Crippen molar-refractivity contribution in [1.29, 1.82) is 0 Å². The maximum atomic E-state index is 10.2. The molecule has 0 heterocycles. The highest BCUT2D eigenvalue weighted by atomic mass is 35.5. The lowest BCUT2D eigenvalue weighted by Gasteiger charge is -2.30. The molecule has 0 radical (unpaired) electrons. The van der Waals surface area contributed by atoms with E-state index in [1.54, 1.807) is 0 Å². The van der Waals surface area contributed by atoms with Gasteiger partial charge in [0.15, 0.2) is 0 Å². The molecule has 0 fully saturated rings. The molecule has 0 aliphatic carbocycles. The lowest BCUT2D eigenvalue weighted by atomic mass is 9.89. The Morgan fingerprint density at radius 1 is 1.29 bits per heavy atom. The maximum absolute atomic E-state index is 10.2. The minimum absolute atomic E-state index is 0. The van der Waals surface area contributed by atoms with Gasteiger partial charge < -0.3 is 10.4 Å². The summed E-state index contributed by atoms with van der Waals surface area (Å²) in [6.45, 7) is 3.79. The molecular formula is C11H18ClNO. The molecule has 0 amide bonds. The molecule has 2 unspecified atom stereocenters. The van der Waals surface area contributed by atoms with E-state index in [0.29, 0.717) is 0 Å². The SMILES string of the molecule is CNC(C)C(C)(O)c1ccccc1.Cl. The first kappa shape index (κ1) is 13.4. The molecule has 1 rings (SSSR count). The van der Waals surface area contributed by atoms with Crippen molar-refractivity contribution in [2.24, 2.45) is 0 Å². The zero-order valence-electron chi connectivity index (χ0n) is 8.82. The molecule has 0 aliphatic heterocycles. The minimum atomic E-state index is -0.810. The predicted molar refractivity (Wildman–Crippen MR) is 61.8 cm³/mol. The average molecular weight is 216 g/mol. The van der Waals surface area contributed by atoms with E-state index in [1.807, 2.05) is 51.2 Å². The van der Waals surface area contributed by atoms with Crippen LogP contribution in [0, 0.1) is 0 Å². The van der Waals surface area contributed by atoms with Crippen molar-refractivity contribution in [3.8, 4) is 0 Å². The van der Waals surface area contributed by atoms with Crippen LogP contribution < -0.4 is 5.32 Å². The van der Waals surface area contributed by atoms with Crippen LogP contribution in [0.4, 0.5) is 0 Å². The maximum Gasteiger partial charge on any atom is 0.102 e. The normalized spacial score (nSPS) is 16.6. The largest absolute Gasteiger partial charge is 0.384 e. The zero-order valence-corrected chi connectivity index (χ0v) is 9.64. The molecule has 1 aromatic carbocycles. The van der Waals surface area contributed by atoms with Gasteiger partial charge in [0.05, 0.1) is 0 Å². The lowest BCUT2D eigenvalue weighted by molar-refractivity contribution is 0.0242. The van der Waals surface area contributed by atoms with Crippen molar-refractivity contribution >= 4 is 12.4 Å². The van der Waals surface area contributed by atoms with Crippen molar-refractivity contribution in [3.05, 3.63) is 35.9 Å². The number of nitrogens with one attached hydrogen (secondary N) is 1. The van der Waals surface area contributed by atoms with Crippen molar-refractivity contribution < 1.29 is 5.11 Å². The first-order chi connectivity index (χ1) is 6.09. The second-order valence-electron chi connectivity index (χ2n) is 3.52. The van der Waals surface area contributed by atoms with Crippen molar-refractivity contribution in [2.75, 3.05) is 7.05 Å². The van der Waals surface area contributed by atoms with E-state index in [0.717, 1.165) is 5.56 Å². The third-order valence-electron chi connectivity index (χ3n) is 2.63. The smallest absolute Gasteiger partial charge is 0.102 e. The van der Waals surface area contributed by atoms with Crippen LogP contribution in [0.2, 0.25) is 0 Å². The van der Waals surface area contributed by atoms with Crippen LogP contribution in [-0.4, -0.2) is 18.2 Å². The first-order valence-electron chi connectivity index (χ1n) is 4.54. The van der Waals surface area contributed by atoms with Gasteiger partial charge in [0.1, 0.15) is 5.60 Å². The Balaban J connectivity index is 0.00000169. The summed E-state index contributed by atoms with van der Waals surface area (Å²) in [7, 11) is 1.85. The summed E-state index contributed by atoms with van der Waals surface area (Å²) in [4.78, 5) is 0. The van der Waals surface area contributed by atoms with Crippen molar-refractivity contribution in [1.82, 2.24) is 5.32 Å². The van der Waals surface area contributed by atoms with Crippen molar-refractivity contribution in [3.63, 3.8) is 0 Å². The Morgan fingerprint density at radius 2 is 1.79 bits per heavy atom. The highest BCUT2D eigenvalue weighted by Crippen LogP contribution is 2.23. The standard InChI is InChI=1S/C11H17NO.ClH/c1-9(12-3)11(2,13)10-7-5-4-6-8-10;/h4-9,12-13H,1-3H3;1H. The van der Waals surface area contributed by atoms with E-state index < -0.39 is 5.60 Å². The van der Waals surface area contributed by atoms with Crippen LogP contribution in [0.1, 0.15) is 19.4 Å². The zero-order chi connectivity index (χ0) is 9.90. The topological polar surface area (TPSA) is 32.3 Å². The van der Waals surface area contributed by atoms with E-state index in [9.17, 15) is 5.11 Å². The molecule has 0 spiro atoms. The van der Waals surface area contributed by atoms with Gasteiger partial charge in [0.25, 0.3) is 0 Å². The van der Waals surface area contributed by atoms with Gasteiger partial charge in [-0.25, -0.2) is 0 Å². The van der Waals surface area contributed by atoms with E-state index in [-0.39, 0.29) is 18.4 Å². The molecule has 3 heteroatoms. The number of hydrogen-bond acceptors (Lipinski definition) is 2. The molecule has 0 bridgehead atoms. The number of rotatable bonds is 3. The van der Waals surface area contributed by atoms with Gasteiger partial charge in [-0.15, -0.1) is 12.4 Å². The molecule has 2 atom stereocenters. The molecule has 0 saturated heterocycles. The molecule has 1 aromatic rings. The summed E-state index contributed by atoms with van der Waals surface area (Å²) in [5.41, 5.74) is 0.132. The summed E-state index contributed by atoms with van der Waals surface area (Å²) < 4.78 is 0. The van der Waals surface area contributed by atoms with Crippen molar-refractivity contribution in [2.45, 2.75) is 25.5 Å². The summed E-state index contributed by atoms with van der Waals surface area (Å²) >= 11 is 0. The average Bonchev–Trinajstić information content (AvgIpc) is 2.18. The van der Waals surface area contributed by atoms with Crippen LogP contribution >= 0.6 is 12.4 Å². The molecule has 2 nitrogen and oxygen atoms in total. The predicted octanol–water partition coefficient (Wildman–Crippen LogP) is 1.92. The monoisotopic (exact) mass is 215 g/mol. The number of halogens is 1. The van der Waals surface area contributed by atoms with E-state index in [1.165, 1.54) is 0 Å². The first-order valence-corrected chi connectivity index (χ1v) is 4.54.